The molecule has 70 valence electrons. The van der Waals surface area contributed by atoms with Gasteiger partial charge in [-0.25, -0.2) is 9.59 Å². The van der Waals surface area contributed by atoms with Crippen LogP contribution in [0, 0.1) is 0 Å². The third-order valence-electron chi connectivity index (χ3n) is 2.58. The smallest absolute Gasteiger partial charge is 0.345 e. The van der Waals surface area contributed by atoms with Gasteiger partial charge in [0.2, 0.25) is 0 Å². The summed E-state index contributed by atoms with van der Waals surface area (Å²) in [4.78, 5) is 21.3. The Morgan fingerprint density at radius 1 is 1.54 bits per heavy atom. The van der Waals surface area contributed by atoms with Gasteiger partial charge in [0.15, 0.2) is 0 Å². The summed E-state index contributed by atoms with van der Waals surface area (Å²) in [7, 11) is 0. The van der Waals surface area contributed by atoms with Crippen molar-refractivity contribution in [1.29, 1.82) is 0 Å². The number of hydrogen-bond acceptors (Lipinski definition) is 4. The van der Waals surface area contributed by atoms with E-state index in [-0.39, 0.29) is 17.7 Å². The Kier molecular flexibility index (Phi) is 2.17. The van der Waals surface area contributed by atoms with Crippen molar-refractivity contribution in [3.63, 3.8) is 0 Å². The fourth-order valence-electron chi connectivity index (χ4n) is 1.87. The number of nitrogens with one attached hydrogen (secondary N) is 1. The molecule has 2 saturated heterocycles. The van der Waals surface area contributed by atoms with Gasteiger partial charge < -0.3 is 10.1 Å². The molecule has 2 heterocycles. The summed E-state index contributed by atoms with van der Waals surface area (Å²) in [5, 5.41) is 3.24. The van der Waals surface area contributed by atoms with Crippen molar-refractivity contribution in [2.45, 2.75) is 31.4 Å². The second-order valence-electron chi connectivity index (χ2n) is 3.43. The monoisotopic (exact) mass is 181 g/mol. The molecule has 0 aromatic rings. The maximum absolute atomic E-state index is 11.0. The summed E-state index contributed by atoms with van der Waals surface area (Å²) in [6.45, 7) is 0.971. The molecule has 2 rings (SSSR count). The Bertz CT molecular complexity index is 275. The Labute approximate surface area is 75.9 Å². The highest BCUT2D eigenvalue weighted by atomic mass is 16.6. The lowest BCUT2D eigenvalue weighted by atomic mass is 10.0. The normalized spacial score (nSPS) is 33.2. The fraction of sp³-hybridized carbons (Fsp3) is 0.667. The van der Waals surface area contributed by atoms with Crippen LogP contribution < -0.4 is 5.32 Å². The number of carbonyl (C=O) groups is 1. The molecule has 0 aromatic carbocycles. The molecular formula is C9H11NO3. The number of hydrogen-bond donors (Lipinski definition) is 1. The van der Waals surface area contributed by atoms with E-state index in [0.29, 0.717) is 6.42 Å². The second kappa shape index (κ2) is 3.32. The average molecular weight is 181 g/mol. The van der Waals surface area contributed by atoms with Crippen molar-refractivity contribution >= 4 is 11.9 Å². The van der Waals surface area contributed by atoms with E-state index in [1.807, 2.05) is 0 Å². The average Bonchev–Trinajstić information content (AvgIpc) is 2.71. The van der Waals surface area contributed by atoms with Crippen LogP contribution in [0.1, 0.15) is 19.3 Å². The molecule has 4 nitrogen and oxygen atoms in total. The minimum Gasteiger partial charge on any atom is -0.456 e. The van der Waals surface area contributed by atoms with Crippen LogP contribution in [0.2, 0.25) is 0 Å². The number of carbonyl (C=O) groups excluding carboxylic acids is 2. The summed E-state index contributed by atoms with van der Waals surface area (Å²) in [5.74, 6) is 1.14. The van der Waals surface area contributed by atoms with E-state index >= 15 is 0 Å². The third kappa shape index (κ3) is 1.50. The van der Waals surface area contributed by atoms with E-state index in [4.69, 9.17) is 4.74 Å². The van der Waals surface area contributed by atoms with Crippen LogP contribution in [0.3, 0.4) is 0 Å². The van der Waals surface area contributed by atoms with E-state index in [1.54, 1.807) is 5.94 Å². The molecule has 0 saturated carbocycles. The standard InChI is InChI=1S/C9H11NO3/c11-5-6-4-8(13-9(6)12)7-2-1-3-10-7/h7-8,10H,1-4H2. The molecule has 1 N–H and O–H groups in total. The van der Waals surface area contributed by atoms with Crippen molar-refractivity contribution in [3.8, 4) is 0 Å². The van der Waals surface area contributed by atoms with Crippen molar-refractivity contribution in [2.24, 2.45) is 0 Å². The molecule has 13 heavy (non-hydrogen) atoms. The highest BCUT2D eigenvalue weighted by molar-refractivity contribution is 5.98. The van der Waals surface area contributed by atoms with E-state index in [0.717, 1.165) is 19.4 Å². The molecule has 2 aliphatic rings. The van der Waals surface area contributed by atoms with Crippen LogP contribution in [0.15, 0.2) is 5.57 Å². The zero-order chi connectivity index (χ0) is 9.26. The largest absolute Gasteiger partial charge is 0.456 e. The molecule has 2 unspecified atom stereocenters. The molecule has 0 bridgehead atoms. The topological polar surface area (TPSA) is 55.4 Å². The van der Waals surface area contributed by atoms with Gasteiger partial charge >= 0.3 is 5.97 Å². The van der Waals surface area contributed by atoms with Gasteiger partial charge in [-0.3, -0.25) is 0 Å². The third-order valence-corrected chi connectivity index (χ3v) is 2.58. The second-order valence-corrected chi connectivity index (χ2v) is 3.43. The van der Waals surface area contributed by atoms with Crippen molar-refractivity contribution in [1.82, 2.24) is 5.32 Å². The highest BCUT2D eigenvalue weighted by Gasteiger charge is 2.36. The zero-order valence-corrected chi connectivity index (χ0v) is 7.21. The molecule has 0 aromatic heterocycles. The number of ether oxygens (including phenoxy) is 1. The number of rotatable bonds is 1. The lowest BCUT2D eigenvalue weighted by molar-refractivity contribution is -0.139. The maximum Gasteiger partial charge on any atom is 0.345 e. The molecule has 0 amide bonds. The van der Waals surface area contributed by atoms with E-state index in [9.17, 15) is 9.59 Å². The summed E-state index contributed by atoms with van der Waals surface area (Å²) >= 11 is 0. The molecule has 2 atom stereocenters. The predicted octanol–water partition coefficient (Wildman–Crippen LogP) is -0.188. The number of esters is 1. The summed E-state index contributed by atoms with van der Waals surface area (Å²) < 4.78 is 5.05. The molecule has 0 spiro atoms. The van der Waals surface area contributed by atoms with Crippen LogP contribution in [-0.2, 0) is 14.3 Å². The van der Waals surface area contributed by atoms with Crippen molar-refractivity contribution < 1.29 is 14.3 Å². The van der Waals surface area contributed by atoms with Gasteiger partial charge in [0.25, 0.3) is 0 Å². The first-order valence-corrected chi connectivity index (χ1v) is 4.49. The zero-order valence-electron chi connectivity index (χ0n) is 7.21. The lowest BCUT2D eigenvalue weighted by Crippen LogP contribution is -2.34. The van der Waals surface area contributed by atoms with Crippen molar-refractivity contribution in [3.05, 3.63) is 5.57 Å². The quantitative estimate of drug-likeness (QED) is 0.346. The Hall–Kier alpha value is -1.12. The first-order valence-electron chi connectivity index (χ1n) is 4.49. The van der Waals surface area contributed by atoms with Gasteiger partial charge in [-0.05, 0) is 19.4 Å². The minimum absolute atomic E-state index is 0.147. The van der Waals surface area contributed by atoms with Crippen LogP contribution in [0.5, 0.6) is 0 Å². The van der Waals surface area contributed by atoms with Gasteiger partial charge in [0.05, 0.1) is 0 Å². The first kappa shape index (κ1) is 8.48. The molecule has 0 radical (unpaired) electrons. The highest BCUT2D eigenvalue weighted by Crippen LogP contribution is 2.24. The SMILES string of the molecule is O=C=C1CC(C2CCCN2)OC1=O. The Balaban J connectivity index is 2.04. The van der Waals surface area contributed by atoms with E-state index in [1.165, 1.54) is 0 Å². The van der Waals surface area contributed by atoms with Gasteiger partial charge in [0, 0.05) is 12.5 Å². The molecule has 4 heteroatoms. The Morgan fingerprint density at radius 3 is 2.92 bits per heavy atom. The molecule has 2 aliphatic heterocycles. The van der Waals surface area contributed by atoms with Gasteiger partial charge in [-0.2, -0.15) is 0 Å². The van der Waals surface area contributed by atoms with Crippen LogP contribution in [0.25, 0.3) is 0 Å². The van der Waals surface area contributed by atoms with Gasteiger partial charge in [0.1, 0.15) is 17.6 Å². The Morgan fingerprint density at radius 2 is 2.38 bits per heavy atom. The molecular weight excluding hydrogens is 170 g/mol. The minimum atomic E-state index is -0.492. The van der Waals surface area contributed by atoms with Crippen LogP contribution in [-0.4, -0.2) is 30.6 Å². The summed E-state index contributed by atoms with van der Waals surface area (Å²) in [5.41, 5.74) is 0.152. The van der Waals surface area contributed by atoms with Crippen molar-refractivity contribution in [2.75, 3.05) is 6.54 Å². The van der Waals surface area contributed by atoms with Crippen LogP contribution in [0.4, 0.5) is 0 Å². The summed E-state index contributed by atoms with van der Waals surface area (Å²) in [6, 6.07) is 0.231. The molecule has 2 fully saturated rings. The lowest BCUT2D eigenvalue weighted by Gasteiger charge is -2.16. The number of cyclic esters (lactones) is 1. The first-order chi connectivity index (χ1) is 6.31. The van der Waals surface area contributed by atoms with E-state index < -0.39 is 5.97 Å². The van der Waals surface area contributed by atoms with E-state index in [2.05, 4.69) is 5.32 Å². The predicted molar refractivity (Wildman–Crippen MR) is 44.7 cm³/mol. The van der Waals surface area contributed by atoms with Gasteiger partial charge in [-0.15, -0.1) is 0 Å². The van der Waals surface area contributed by atoms with Crippen LogP contribution >= 0.6 is 0 Å². The maximum atomic E-state index is 11.0. The molecule has 0 aliphatic carbocycles. The fourth-order valence-corrected chi connectivity index (χ4v) is 1.87. The van der Waals surface area contributed by atoms with Gasteiger partial charge in [-0.1, -0.05) is 0 Å². The summed E-state index contributed by atoms with van der Waals surface area (Å²) in [6.07, 6.45) is 2.40.